The minimum atomic E-state index is -0.228. The number of nitrogens with two attached hydrogens (primary N) is 1. The summed E-state index contributed by atoms with van der Waals surface area (Å²) in [6, 6.07) is 15.5. The molecule has 0 amide bonds. The minimum absolute atomic E-state index is 0.228. The van der Waals surface area contributed by atoms with Gasteiger partial charge in [0.1, 0.15) is 0 Å². The summed E-state index contributed by atoms with van der Waals surface area (Å²) in [5, 5.41) is 1.73. The van der Waals surface area contributed by atoms with E-state index in [-0.39, 0.29) is 6.04 Å². The van der Waals surface area contributed by atoms with Gasteiger partial charge in [0.2, 0.25) is 0 Å². The fourth-order valence-electron chi connectivity index (χ4n) is 2.28. The Hall–Kier alpha value is -1.42. The summed E-state index contributed by atoms with van der Waals surface area (Å²) in [6.07, 6.45) is 1.79. The summed E-state index contributed by atoms with van der Waals surface area (Å²) >= 11 is 9.54. The van der Waals surface area contributed by atoms with Crippen LogP contribution in [0.5, 0.6) is 0 Å². The van der Waals surface area contributed by atoms with Crippen molar-refractivity contribution in [3.8, 4) is 0 Å². The lowest BCUT2D eigenvalue weighted by Gasteiger charge is -2.15. The van der Waals surface area contributed by atoms with Crippen LogP contribution in [-0.4, -0.2) is 4.98 Å². The van der Waals surface area contributed by atoms with Crippen LogP contribution < -0.4 is 5.73 Å². The maximum atomic E-state index is 6.40. The highest BCUT2D eigenvalue weighted by molar-refractivity contribution is 9.10. The van der Waals surface area contributed by atoms with Crippen molar-refractivity contribution in [3.63, 3.8) is 0 Å². The molecule has 0 spiro atoms. The molecule has 0 fully saturated rings. The van der Waals surface area contributed by atoms with Crippen LogP contribution in [0.25, 0.3) is 10.9 Å². The molecule has 4 heteroatoms. The molecule has 2 nitrogen and oxygen atoms in total. The number of hydrogen-bond acceptors (Lipinski definition) is 2. The summed E-state index contributed by atoms with van der Waals surface area (Å²) in [7, 11) is 0. The second kappa shape index (κ2) is 5.52. The van der Waals surface area contributed by atoms with Crippen molar-refractivity contribution in [3.05, 3.63) is 75.4 Å². The van der Waals surface area contributed by atoms with Gasteiger partial charge in [0.25, 0.3) is 0 Å². The van der Waals surface area contributed by atoms with Crippen LogP contribution in [0, 0.1) is 0 Å². The number of aromatic nitrogens is 1. The molecule has 0 aliphatic rings. The molecule has 1 unspecified atom stereocenters. The molecular formula is C16H12BrClN2. The van der Waals surface area contributed by atoms with E-state index in [2.05, 4.69) is 20.9 Å². The molecule has 2 aromatic carbocycles. The first-order valence-corrected chi connectivity index (χ1v) is 7.38. The Labute approximate surface area is 130 Å². The van der Waals surface area contributed by atoms with E-state index in [1.807, 2.05) is 48.5 Å². The van der Waals surface area contributed by atoms with E-state index in [0.717, 1.165) is 26.5 Å². The maximum absolute atomic E-state index is 6.40. The molecule has 0 aliphatic heterocycles. The van der Waals surface area contributed by atoms with Crippen LogP contribution in [0.15, 0.2) is 59.2 Å². The van der Waals surface area contributed by atoms with E-state index in [1.54, 1.807) is 6.20 Å². The van der Waals surface area contributed by atoms with Gasteiger partial charge in [-0.15, -0.1) is 0 Å². The zero-order chi connectivity index (χ0) is 14.1. The number of fused-ring (bicyclic) bond motifs is 1. The van der Waals surface area contributed by atoms with Crippen molar-refractivity contribution in [2.24, 2.45) is 5.73 Å². The Bertz CT molecular complexity index is 768. The van der Waals surface area contributed by atoms with Gasteiger partial charge in [-0.05, 0) is 51.3 Å². The summed E-state index contributed by atoms with van der Waals surface area (Å²) in [4.78, 5) is 4.36. The summed E-state index contributed by atoms with van der Waals surface area (Å²) in [5.41, 5.74) is 9.38. The normalized spacial score (nSPS) is 12.6. The van der Waals surface area contributed by atoms with Gasteiger partial charge < -0.3 is 5.73 Å². The Kier molecular flexibility index (Phi) is 3.74. The first kappa shape index (κ1) is 13.6. The molecule has 100 valence electrons. The molecule has 1 atom stereocenters. The van der Waals surface area contributed by atoms with Crippen molar-refractivity contribution < 1.29 is 0 Å². The van der Waals surface area contributed by atoms with Gasteiger partial charge in [-0.1, -0.05) is 35.9 Å². The van der Waals surface area contributed by atoms with Crippen molar-refractivity contribution in [1.29, 1.82) is 0 Å². The van der Waals surface area contributed by atoms with Gasteiger partial charge in [0.05, 0.1) is 16.6 Å². The maximum Gasteiger partial charge on any atom is 0.0705 e. The Morgan fingerprint density at radius 1 is 1.10 bits per heavy atom. The SMILES string of the molecule is NC(c1ccc(Br)c(Cl)c1)c1cccc2ncccc12. The molecular weight excluding hydrogens is 336 g/mol. The summed E-state index contributed by atoms with van der Waals surface area (Å²) in [6.45, 7) is 0. The number of pyridine rings is 1. The van der Waals surface area contributed by atoms with Gasteiger partial charge in [-0.2, -0.15) is 0 Å². The molecule has 3 rings (SSSR count). The second-order valence-corrected chi connectivity index (χ2v) is 5.83. The smallest absolute Gasteiger partial charge is 0.0705 e. The Balaban J connectivity index is 2.12. The van der Waals surface area contributed by atoms with Gasteiger partial charge in [0, 0.05) is 16.1 Å². The zero-order valence-corrected chi connectivity index (χ0v) is 12.9. The lowest BCUT2D eigenvalue weighted by molar-refractivity contribution is 0.880. The lowest BCUT2D eigenvalue weighted by atomic mass is 9.96. The average molecular weight is 348 g/mol. The number of halogens is 2. The third-order valence-electron chi connectivity index (χ3n) is 3.32. The number of benzene rings is 2. The number of rotatable bonds is 2. The second-order valence-electron chi connectivity index (χ2n) is 4.57. The third kappa shape index (κ3) is 2.44. The molecule has 20 heavy (non-hydrogen) atoms. The molecule has 3 aromatic rings. The van der Waals surface area contributed by atoms with Gasteiger partial charge >= 0.3 is 0 Å². The first-order valence-electron chi connectivity index (χ1n) is 6.21. The van der Waals surface area contributed by atoms with Gasteiger partial charge in [-0.25, -0.2) is 0 Å². The zero-order valence-electron chi connectivity index (χ0n) is 10.6. The monoisotopic (exact) mass is 346 g/mol. The van der Waals surface area contributed by atoms with Crippen molar-refractivity contribution in [2.75, 3.05) is 0 Å². The highest BCUT2D eigenvalue weighted by atomic mass is 79.9. The van der Waals surface area contributed by atoms with Crippen molar-refractivity contribution in [1.82, 2.24) is 4.98 Å². The standard InChI is InChI=1S/C16H12BrClN2/c17-13-7-6-10(9-14(13)18)16(19)12-3-1-5-15-11(12)4-2-8-20-15/h1-9,16H,19H2. The molecule has 0 bridgehead atoms. The summed E-state index contributed by atoms with van der Waals surface area (Å²) < 4.78 is 0.870. The summed E-state index contributed by atoms with van der Waals surface area (Å²) in [5.74, 6) is 0. The van der Waals surface area contributed by atoms with Crippen LogP contribution in [-0.2, 0) is 0 Å². The highest BCUT2D eigenvalue weighted by Gasteiger charge is 2.13. The highest BCUT2D eigenvalue weighted by Crippen LogP contribution is 2.30. The van der Waals surface area contributed by atoms with E-state index >= 15 is 0 Å². The van der Waals surface area contributed by atoms with E-state index < -0.39 is 0 Å². The molecule has 0 aliphatic carbocycles. The van der Waals surface area contributed by atoms with Crippen molar-refractivity contribution in [2.45, 2.75) is 6.04 Å². The quantitative estimate of drug-likeness (QED) is 0.730. The topological polar surface area (TPSA) is 38.9 Å². The van der Waals surface area contributed by atoms with E-state index in [0.29, 0.717) is 5.02 Å². The fraction of sp³-hybridized carbons (Fsp3) is 0.0625. The number of hydrogen-bond donors (Lipinski definition) is 1. The molecule has 0 radical (unpaired) electrons. The molecule has 1 heterocycles. The van der Waals surface area contributed by atoms with Crippen LogP contribution in [0.3, 0.4) is 0 Å². The Morgan fingerprint density at radius 2 is 1.95 bits per heavy atom. The first-order chi connectivity index (χ1) is 9.66. The van der Waals surface area contributed by atoms with Crippen LogP contribution in [0.1, 0.15) is 17.2 Å². The van der Waals surface area contributed by atoms with Gasteiger partial charge in [0.15, 0.2) is 0 Å². The van der Waals surface area contributed by atoms with E-state index in [4.69, 9.17) is 17.3 Å². The fourth-order valence-corrected chi connectivity index (χ4v) is 2.72. The van der Waals surface area contributed by atoms with Crippen LogP contribution in [0.2, 0.25) is 5.02 Å². The van der Waals surface area contributed by atoms with Crippen LogP contribution in [0.4, 0.5) is 0 Å². The predicted molar refractivity (Wildman–Crippen MR) is 86.9 cm³/mol. The minimum Gasteiger partial charge on any atom is -0.320 e. The van der Waals surface area contributed by atoms with Gasteiger partial charge in [-0.3, -0.25) is 4.98 Å². The molecule has 2 N–H and O–H groups in total. The van der Waals surface area contributed by atoms with Crippen molar-refractivity contribution >= 4 is 38.4 Å². The van der Waals surface area contributed by atoms with E-state index in [1.165, 1.54) is 0 Å². The third-order valence-corrected chi connectivity index (χ3v) is 4.55. The predicted octanol–water partition coefficient (Wildman–Crippen LogP) is 4.70. The molecule has 0 saturated heterocycles. The van der Waals surface area contributed by atoms with E-state index in [9.17, 15) is 0 Å². The number of nitrogens with zero attached hydrogens (tertiary/aromatic N) is 1. The average Bonchev–Trinajstić information content (AvgIpc) is 2.49. The lowest BCUT2D eigenvalue weighted by Crippen LogP contribution is -2.12. The Morgan fingerprint density at radius 3 is 2.75 bits per heavy atom. The molecule has 0 saturated carbocycles. The largest absolute Gasteiger partial charge is 0.320 e. The molecule has 1 aromatic heterocycles. The van der Waals surface area contributed by atoms with Crippen LogP contribution >= 0.6 is 27.5 Å².